The van der Waals surface area contributed by atoms with Gasteiger partial charge < -0.3 is 15.8 Å². The highest BCUT2D eigenvalue weighted by Gasteiger charge is 2.31. The molecule has 5 heteroatoms. The molecule has 1 aromatic rings. The van der Waals surface area contributed by atoms with Crippen LogP contribution in [0.15, 0.2) is 6.07 Å². The molecule has 1 aliphatic rings. The van der Waals surface area contributed by atoms with Gasteiger partial charge in [-0.2, -0.15) is 0 Å². The lowest BCUT2D eigenvalue weighted by molar-refractivity contribution is 0.0627. The molecule has 0 radical (unpaired) electrons. The number of rotatable bonds is 3. The SMILES string of the molecule is Cc1cc(NC2(CN)CCOCC2)nc(C)n1. The topological polar surface area (TPSA) is 73.1 Å². The highest BCUT2D eigenvalue weighted by molar-refractivity contribution is 5.39. The Balaban J connectivity index is 2.17. The molecule has 1 aliphatic heterocycles. The summed E-state index contributed by atoms with van der Waals surface area (Å²) in [4.78, 5) is 8.67. The number of nitrogens with two attached hydrogens (primary N) is 1. The maximum atomic E-state index is 5.90. The van der Waals surface area contributed by atoms with Crippen LogP contribution < -0.4 is 11.1 Å². The minimum Gasteiger partial charge on any atom is -0.381 e. The van der Waals surface area contributed by atoms with E-state index in [-0.39, 0.29) is 5.54 Å². The number of ether oxygens (including phenoxy) is 1. The Morgan fingerprint density at radius 2 is 2.06 bits per heavy atom. The lowest BCUT2D eigenvalue weighted by Gasteiger charge is -2.37. The Morgan fingerprint density at radius 1 is 1.35 bits per heavy atom. The molecule has 0 saturated carbocycles. The van der Waals surface area contributed by atoms with Crippen LogP contribution in [-0.4, -0.2) is 35.3 Å². The average molecular weight is 236 g/mol. The number of aryl methyl sites for hydroxylation is 2. The highest BCUT2D eigenvalue weighted by Crippen LogP contribution is 2.24. The van der Waals surface area contributed by atoms with Crippen LogP contribution in [0.4, 0.5) is 5.82 Å². The molecule has 0 unspecified atom stereocenters. The van der Waals surface area contributed by atoms with Crippen molar-refractivity contribution in [3.05, 3.63) is 17.6 Å². The van der Waals surface area contributed by atoms with Gasteiger partial charge in [-0.05, 0) is 26.7 Å². The summed E-state index contributed by atoms with van der Waals surface area (Å²) in [5.74, 6) is 1.65. The zero-order valence-corrected chi connectivity index (χ0v) is 10.5. The maximum Gasteiger partial charge on any atom is 0.130 e. The largest absolute Gasteiger partial charge is 0.381 e. The van der Waals surface area contributed by atoms with Crippen LogP contribution >= 0.6 is 0 Å². The van der Waals surface area contributed by atoms with E-state index >= 15 is 0 Å². The first kappa shape index (κ1) is 12.3. The van der Waals surface area contributed by atoms with Crippen molar-refractivity contribution < 1.29 is 4.74 Å². The van der Waals surface area contributed by atoms with Crippen LogP contribution in [0, 0.1) is 13.8 Å². The standard InChI is InChI=1S/C12H20N4O/c1-9-7-11(15-10(2)14-9)16-12(8-13)3-5-17-6-4-12/h7H,3-6,8,13H2,1-2H3,(H,14,15,16). The van der Waals surface area contributed by atoms with Crippen molar-refractivity contribution in [3.63, 3.8) is 0 Å². The molecule has 0 aliphatic carbocycles. The van der Waals surface area contributed by atoms with Crippen molar-refractivity contribution in [2.75, 3.05) is 25.1 Å². The lowest BCUT2D eigenvalue weighted by Crippen LogP contribution is -2.49. The van der Waals surface area contributed by atoms with Gasteiger partial charge in [-0.1, -0.05) is 0 Å². The summed E-state index contributed by atoms with van der Waals surface area (Å²) in [6.45, 7) is 5.98. The summed E-state index contributed by atoms with van der Waals surface area (Å²) in [5, 5.41) is 3.47. The number of nitrogens with one attached hydrogen (secondary N) is 1. The van der Waals surface area contributed by atoms with Crippen LogP contribution in [0.2, 0.25) is 0 Å². The second-order valence-electron chi connectivity index (χ2n) is 4.66. The van der Waals surface area contributed by atoms with E-state index in [1.54, 1.807) is 0 Å². The zero-order valence-electron chi connectivity index (χ0n) is 10.5. The fourth-order valence-electron chi connectivity index (χ4n) is 2.19. The molecule has 1 aromatic heterocycles. The zero-order chi connectivity index (χ0) is 12.3. The third-order valence-corrected chi connectivity index (χ3v) is 3.20. The van der Waals surface area contributed by atoms with Gasteiger partial charge in [0.1, 0.15) is 11.6 Å². The molecule has 5 nitrogen and oxygen atoms in total. The minimum atomic E-state index is -0.0779. The highest BCUT2D eigenvalue weighted by atomic mass is 16.5. The van der Waals surface area contributed by atoms with Crippen molar-refractivity contribution >= 4 is 5.82 Å². The Kier molecular flexibility index (Phi) is 3.59. The molecule has 1 saturated heterocycles. The van der Waals surface area contributed by atoms with Gasteiger partial charge in [-0.15, -0.1) is 0 Å². The summed E-state index contributed by atoms with van der Waals surface area (Å²) in [5.41, 5.74) is 6.79. The van der Waals surface area contributed by atoms with E-state index in [1.165, 1.54) is 0 Å². The van der Waals surface area contributed by atoms with Gasteiger partial charge in [0.25, 0.3) is 0 Å². The lowest BCUT2D eigenvalue weighted by atomic mass is 9.90. The number of nitrogens with zero attached hydrogens (tertiary/aromatic N) is 2. The Bertz CT molecular complexity index is 368. The van der Waals surface area contributed by atoms with Crippen LogP contribution in [0.1, 0.15) is 24.4 Å². The van der Waals surface area contributed by atoms with Gasteiger partial charge in [0, 0.05) is 31.5 Å². The Hall–Kier alpha value is -1.20. The predicted molar refractivity (Wildman–Crippen MR) is 67.0 cm³/mol. The maximum absolute atomic E-state index is 5.90. The van der Waals surface area contributed by atoms with E-state index < -0.39 is 0 Å². The first-order valence-corrected chi connectivity index (χ1v) is 6.02. The van der Waals surface area contributed by atoms with Crippen LogP contribution in [-0.2, 0) is 4.74 Å². The number of hydrogen-bond acceptors (Lipinski definition) is 5. The molecule has 3 N–H and O–H groups in total. The third-order valence-electron chi connectivity index (χ3n) is 3.20. The molecule has 0 spiro atoms. The molecule has 2 rings (SSSR count). The molecule has 0 amide bonds. The fraction of sp³-hybridized carbons (Fsp3) is 0.667. The number of anilines is 1. The van der Waals surface area contributed by atoms with Gasteiger partial charge in [-0.3, -0.25) is 0 Å². The van der Waals surface area contributed by atoms with E-state index in [2.05, 4.69) is 15.3 Å². The monoisotopic (exact) mass is 236 g/mol. The number of aromatic nitrogens is 2. The third kappa shape index (κ3) is 2.92. The van der Waals surface area contributed by atoms with E-state index in [0.29, 0.717) is 6.54 Å². The Morgan fingerprint density at radius 3 is 2.65 bits per heavy atom. The van der Waals surface area contributed by atoms with E-state index in [9.17, 15) is 0 Å². The molecular weight excluding hydrogens is 216 g/mol. The van der Waals surface area contributed by atoms with E-state index in [1.807, 2.05) is 19.9 Å². The van der Waals surface area contributed by atoms with Gasteiger partial charge in [-0.25, -0.2) is 9.97 Å². The molecule has 1 fully saturated rings. The molecule has 17 heavy (non-hydrogen) atoms. The van der Waals surface area contributed by atoms with Gasteiger partial charge >= 0.3 is 0 Å². The second-order valence-corrected chi connectivity index (χ2v) is 4.66. The van der Waals surface area contributed by atoms with Crippen molar-refractivity contribution in [3.8, 4) is 0 Å². The summed E-state index contributed by atoms with van der Waals surface area (Å²) < 4.78 is 5.38. The second kappa shape index (κ2) is 4.98. The van der Waals surface area contributed by atoms with Gasteiger partial charge in [0.2, 0.25) is 0 Å². The van der Waals surface area contributed by atoms with Crippen molar-refractivity contribution in [2.24, 2.45) is 5.73 Å². The van der Waals surface area contributed by atoms with Crippen LogP contribution in [0.3, 0.4) is 0 Å². The summed E-state index contributed by atoms with van der Waals surface area (Å²) in [6.07, 6.45) is 1.84. The van der Waals surface area contributed by atoms with Gasteiger partial charge in [0.05, 0.1) is 5.54 Å². The minimum absolute atomic E-state index is 0.0779. The van der Waals surface area contributed by atoms with Crippen molar-refractivity contribution in [1.82, 2.24) is 9.97 Å². The molecule has 94 valence electrons. The normalized spacial score (nSPS) is 19.0. The number of hydrogen-bond donors (Lipinski definition) is 2. The predicted octanol–water partition coefficient (Wildman–Crippen LogP) is 1.01. The fourth-order valence-corrected chi connectivity index (χ4v) is 2.19. The van der Waals surface area contributed by atoms with Gasteiger partial charge in [0.15, 0.2) is 0 Å². The average Bonchev–Trinajstić information content (AvgIpc) is 2.29. The van der Waals surface area contributed by atoms with E-state index in [4.69, 9.17) is 10.5 Å². The smallest absolute Gasteiger partial charge is 0.130 e. The molecule has 0 bridgehead atoms. The molecule has 0 aromatic carbocycles. The van der Waals surface area contributed by atoms with Crippen LogP contribution in [0.5, 0.6) is 0 Å². The molecule has 0 atom stereocenters. The Labute approximate surface area is 102 Å². The first-order valence-electron chi connectivity index (χ1n) is 6.02. The van der Waals surface area contributed by atoms with Crippen molar-refractivity contribution in [1.29, 1.82) is 0 Å². The summed E-state index contributed by atoms with van der Waals surface area (Å²) in [6, 6.07) is 1.96. The quantitative estimate of drug-likeness (QED) is 0.819. The summed E-state index contributed by atoms with van der Waals surface area (Å²) >= 11 is 0. The van der Waals surface area contributed by atoms with E-state index in [0.717, 1.165) is 43.4 Å². The van der Waals surface area contributed by atoms with Crippen molar-refractivity contribution in [2.45, 2.75) is 32.2 Å². The first-order chi connectivity index (χ1) is 8.13. The van der Waals surface area contributed by atoms with Crippen LogP contribution in [0.25, 0.3) is 0 Å². The molecule has 2 heterocycles. The molecular formula is C12H20N4O. The summed E-state index contributed by atoms with van der Waals surface area (Å²) in [7, 11) is 0.